The molecular formula is C5H15ClNSi3. The highest BCUT2D eigenvalue weighted by atomic mass is 35.6. The largest absolute Gasteiger partial charge is 0.358 e. The van der Waals surface area contributed by atoms with E-state index in [0.29, 0.717) is 0 Å². The molecule has 0 fully saturated rings. The summed E-state index contributed by atoms with van der Waals surface area (Å²) in [6.45, 7) is 11.4. The predicted octanol–water partition coefficient (Wildman–Crippen LogP) is 2.15. The quantitative estimate of drug-likeness (QED) is 0.508. The van der Waals surface area contributed by atoms with Crippen LogP contribution in [0.5, 0.6) is 0 Å². The lowest BCUT2D eigenvalue weighted by Crippen LogP contribution is -2.49. The van der Waals surface area contributed by atoms with E-state index in [0.717, 1.165) is 0 Å². The molecule has 0 spiro atoms. The Balaban J connectivity index is 3.98. The summed E-state index contributed by atoms with van der Waals surface area (Å²) < 4.78 is 2.57. The molecule has 0 saturated carbocycles. The molecule has 0 rings (SSSR count). The molecule has 0 bridgehead atoms. The first-order valence-electron chi connectivity index (χ1n) is 3.36. The third kappa shape index (κ3) is 3.34. The Hall–Kier alpha value is 0.901. The highest BCUT2D eigenvalue weighted by Crippen LogP contribution is 2.05. The number of hydrogen-bond donors (Lipinski definition) is 0. The molecule has 3 radical (unpaired) electrons. The van der Waals surface area contributed by atoms with Crippen molar-refractivity contribution in [2.45, 2.75) is 32.7 Å². The topological polar surface area (TPSA) is 3.24 Å². The monoisotopic (exact) mass is 208 g/mol. The van der Waals surface area contributed by atoms with E-state index in [1.165, 1.54) is 0 Å². The van der Waals surface area contributed by atoms with Gasteiger partial charge in [0.15, 0.2) is 0 Å². The highest BCUT2D eigenvalue weighted by Gasteiger charge is 2.21. The molecule has 0 N–H and O–H groups in total. The third-order valence-electron chi connectivity index (χ3n) is 1.20. The van der Waals surface area contributed by atoms with E-state index in [4.69, 9.17) is 11.1 Å². The van der Waals surface area contributed by atoms with Gasteiger partial charge in [-0.3, -0.25) is 0 Å². The fourth-order valence-corrected chi connectivity index (χ4v) is 12.6. The van der Waals surface area contributed by atoms with Gasteiger partial charge < -0.3 is 3.90 Å². The van der Waals surface area contributed by atoms with Crippen molar-refractivity contribution in [1.29, 1.82) is 0 Å². The molecule has 0 aromatic rings. The third-order valence-corrected chi connectivity index (χ3v) is 12.3. The van der Waals surface area contributed by atoms with E-state index in [2.05, 4.69) is 36.6 Å². The van der Waals surface area contributed by atoms with Crippen LogP contribution in [-0.2, 0) is 0 Å². The summed E-state index contributed by atoms with van der Waals surface area (Å²) in [6, 6.07) is 0. The van der Waals surface area contributed by atoms with Gasteiger partial charge in [0.25, 0.3) is 0 Å². The Labute approximate surface area is 74.1 Å². The van der Waals surface area contributed by atoms with Crippen molar-refractivity contribution in [1.82, 2.24) is 3.90 Å². The first-order chi connectivity index (χ1) is 4.46. The Morgan fingerprint density at radius 1 is 0.900 bits per heavy atom. The summed E-state index contributed by atoms with van der Waals surface area (Å²) in [5.41, 5.74) is 0. The van der Waals surface area contributed by atoms with Crippen molar-refractivity contribution in [2.24, 2.45) is 0 Å². The molecule has 10 heavy (non-hydrogen) atoms. The van der Waals surface area contributed by atoms with Gasteiger partial charge in [0.2, 0.25) is 8.27 Å². The van der Waals surface area contributed by atoms with Crippen molar-refractivity contribution in [2.75, 3.05) is 0 Å². The average Bonchev–Trinajstić information content (AvgIpc) is 1.59. The molecule has 0 aliphatic rings. The Morgan fingerprint density at radius 3 is 1.20 bits per heavy atom. The SMILES string of the molecule is C[Si](C)N([Si](C)C)[Si](C)Cl. The van der Waals surface area contributed by atoms with Gasteiger partial charge in [0, 0.05) is 0 Å². The minimum absolute atomic E-state index is 0.280. The van der Waals surface area contributed by atoms with Gasteiger partial charge in [0.1, 0.15) is 17.9 Å². The molecule has 0 aliphatic carbocycles. The zero-order valence-corrected chi connectivity index (χ0v) is 11.1. The number of hydrogen-bond acceptors (Lipinski definition) is 1. The normalized spacial score (nSPS) is 12.6. The summed E-state index contributed by atoms with van der Waals surface area (Å²) in [5, 5.41) is 0. The van der Waals surface area contributed by atoms with Gasteiger partial charge in [-0.1, -0.05) is 26.2 Å². The van der Waals surface area contributed by atoms with E-state index < -0.39 is 8.27 Å². The minimum atomic E-state index is -0.676. The van der Waals surface area contributed by atoms with Crippen LogP contribution in [0, 0.1) is 0 Å². The second kappa shape index (κ2) is 4.71. The van der Waals surface area contributed by atoms with E-state index in [9.17, 15) is 0 Å². The number of nitrogens with zero attached hydrogens (tertiary/aromatic N) is 1. The molecule has 0 aromatic carbocycles. The van der Waals surface area contributed by atoms with Gasteiger partial charge >= 0.3 is 0 Å². The molecule has 0 heterocycles. The van der Waals surface area contributed by atoms with Crippen molar-refractivity contribution < 1.29 is 0 Å². The molecule has 0 aromatic heterocycles. The molecule has 0 saturated heterocycles. The van der Waals surface area contributed by atoms with Crippen molar-refractivity contribution in [3.05, 3.63) is 0 Å². The molecule has 0 aliphatic heterocycles. The van der Waals surface area contributed by atoms with Crippen LogP contribution in [0.1, 0.15) is 0 Å². The lowest BCUT2D eigenvalue weighted by molar-refractivity contribution is 1.02. The van der Waals surface area contributed by atoms with Crippen LogP contribution >= 0.6 is 11.1 Å². The van der Waals surface area contributed by atoms with E-state index >= 15 is 0 Å². The van der Waals surface area contributed by atoms with Crippen molar-refractivity contribution >= 4 is 37.3 Å². The van der Waals surface area contributed by atoms with E-state index in [1.54, 1.807) is 0 Å². The lowest BCUT2D eigenvalue weighted by atomic mass is 11.9. The van der Waals surface area contributed by atoms with Crippen molar-refractivity contribution in [3.8, 4) is 0 Å². The van der Waals surface area contributed by atoms with Crippen LogP contribution < -0.4 is 0 Å². The summed E-state index contributed by atoms with van der Waals surface area (Å²) in [6.07, 6.45) is 0. The Kier molecular flexibility index (Phi) is 5.14. The maximum Gasteiger partial charge on any atom is 0.234 e. The van der Waals surface area contributed by atoms with Gasteiger partial charge in [0.05, 0.1) is 0 Å². The fourth-order valence-electron chi connectivity index (χ4n) is 1.06. The number of halogens is 1. The molecule has 59 valence electrons. The van der Waals surface area contributed by atoms with Crippen LogP contribution in [0.4, 0.5) is 0 Å². The zero-order chi connectivity index (χ0) is 8.31. The van der Waals surface area contributed by atoms with Crippen LogP contribution in [0.3, 0.4) is 0 Å². The van der Waals surface area contributed by atoms with Gasteiger partial charge in [-0.25, -0.2) is 0 Å². The summed E-state index contributed by atoms with van der Waals surface area (Å²) in [7, 11) is -1.24. The first kappa shape index (κ1) is 10.9. The molecule has 1 nitrogen and oxygen atoms in total. The second-order valence-corrected chi connectivity index (χ2v) is 11.8. The summed E-state index contributed by atoms with van der Waals surface area (Å²) in [5.74, 6) is 0. The van der Waals surface area contributed by atoms with Crippen LogP contribution in [0.15, 0.2) is 0 Å². The van der Waals surface area contributed by atoms with E-state index in [1.807, 2.05) is 0 Å². The summed E-state index contributed by atoms with van der Waals surface area (Å²) >= 11 is 6.11. The van der Waals surface area contributed by atoms with Gasteiger partial charge in [-0.2, -0.15) is 0 Å². The van der Waals surface area contributed by atoms with Crippen LogP contribution in [-0.4, -0.2) is 30.1 Å². The molecule has 5 heteroatoms. The minimum Gasteiger partial charge on any atom is -0.358 e. The molecule has 0 amide bonds. The standard InChI is InChI=1S/C5H15ClNSi3/c1-8(2)7(9(3)4)10(5)6/h1-5H3. The zero-order valence-electron chi connectivity index (χ0n) is 7.33. The summed E-state index contributed by atoms with van der Waals surface area (Å²) in [4.78, 5) is 0. The second-order valence-electron chi connectivity index (χ2n) is 2.73. The van der Waals surface area contributed by atoms with Crippen LogP contribution in [0.25, 0.3) is 0 Å². The Morgan fingerprint density at radius 2 is 1.20 bits per heavy atom. The number of rotatable bonds is 3. The maximum atomic E-state index is 6.11. The molecule has 0 atom stereocenters. The average molecular weight is 209 g/mol. The Bertz CT molecular complexity index is 77.9. The molecule has 0 unspecified atom stereocenters. The lowest BCUT2D eigenvalue weighted by Gasteiger charge is -2.29. The van der Waals surface area contributed by atoms with E-state index in [-0.39, 0.29) is 17.9 Å². The van der Waals surface area contributed by atoms with Gasteiger partial charge in [-0.15, -0.1) is 11.1 Å². The highest BCUT2D eigenvalue weighted by molar-refractivity contribution is 7.11. The van der Waals surface area contributed by atoms with Gasteiger partial charge in [-0.05, 0) is 6.55 Å². The fraction of sp³-hybridized carbons (Fsp3) is 1.00. The van der Waals surface area contributed by atoms with Crippen LogP contribution in [0.2, 0.25) is 32.7 Å². The predicted molar refractivity (Wildman–Crippen MR) is 54.3 cm³/mol. The maximum absolute atomic E-state index is 6.11. The molecular weight excluding hydrogens is 194 g/mol. The first-order valence-corrected chi connectivity index (χ1v) is 11.2. The van der Waals surface area contributed by atoms with Crippen molar-refractivity contribution in [3.63, 3.8) is 0 Å². The smallest absolute Gasteiger partial charge is 0.234 e.